The number of rotatable bonds is 8. The molecule has 0 bridgehead atoms. The zero-order valence-corrected chi connectivity index (χ0v) is 19.6. The van der Waals surface area contributed by atoms with Gasteiger partial charge in [-0.1, -0.05) is 6.92 Å². The van der Waals surface area contributed by atoms with Crippen LogP contribution < -0.4 is 20.8 Å². The molecule has 9 nitrogen and oxygen atoms in total. The van der Waals surface area contributed by atoms with Crippen LogP contribution in [0.25, 0.3) is 22.3 Å². The van der Waals surface area contributed by atoms with Gasteiger partial charge in [-0.15, -0.1) is 0 Å². The minimum Gasteiger partial charge on any atom is -0.454 e. The van der Waals surface area contributed by atoms with Crippen LogP contribution in [0.15, 0.2) is 23.0 Å². The highest BCUT2D eigenvalue weighted by Gasteiger charge is 2.33. The van der Waals surface area contributed by atoms with Gasteiger partial charge in [0.2, 0.25) is 6.79 Å². The van der Waals surface area contributed by atoms with E-state index in [2.05, 4.69) is 0 Å². The zero-order valence-electron chi connectivity index (χ0n) is 19.6. The van der Waals surface area contributed by atoms with Crippen LogP contribution in [0.3, 0.4) is 0 Å². The molecule has 0 amide bonds. The number of pyridine rings is 2. The summed E-state index contributed by atoms with van der Waals surface area (Å²) in [5, 5.41) is 12.0. The van der Waals surface area contributed by atoms with E-state index < -0.39 is 5.60 Å². The Kier molecular flexibility index (Phi) is 5.81. The summed E-state index contributed by atoms with van der Waals surface area (Å²) in [5.74, 6) is 1.29. The Morgan fingerprint density at radius 3 is 2.68 bits per heavy atom. The van der Waals surface area contributed by atoms with Crippen molar-refractivity contribution in [3.05, 3.63) is 50.8 Å². The first-order valence-electron chi connectivity index (χ1n) is 11.4. The molecule has 0 saturated heterocycles. The van der Waals surface area contributed by atoms with E-state index in [-0.39, 0.29) is 19.0 Å². The standard InChI is InChI=1S/C25H29N3O6/c1-4-25(2,30)18-8-20-23-15(10-28(20)24(29)17(18)11-31-3)16(12-32-6-5-26)14-7-21-22(34-13-33-21)9-19(14)27-23/h7-9,30H,4-6,10-13,26H2,1-3H3/t25-/m0/s1. The highest BCUT2D eigenvalue weighted by Crippen LogP contribution is 2.42. The van der Waals surface area contributed by atoms with E-state index in [9.17, 15) is 9.90 Å². The van der Waals surface area contributed by atoms with Gasteiger partial charge in [-0.25, -0.2) is 4.98 Å². The highest BCUT2D eigenvalue weighted by molar-refractivity contribution is 5.90. The van der Waals surface area contributed by atoms with Crippen molar-refractivity contribution in [1.82, 2.24) is 9.55 Å². The van der Waals surface area contributed by atoms with Gasteiger partial charge in [-0.05, 0) is 36.6 Å². The van der Waals surface area contributed by atoms with E-state index in [0.717, 1.165) is 22.0 Å². The van der Waals surface area contributed by atoms with E-state index in [1.807, 2.05) is 25.1 Å². The minimum absolute atomic E-state index is 0.115. The Bertz CT molecular complexity index is 1330. The second-order valence-corrected chi connectivity index (χ2v) is 8.85. The number of fused-ring (bicyclic) bond motifs is 5. The van der Waals surface area contributed by atoms with E-state index in [1.165, 1.54) is 0 Å². The molecule has 34 heavy (non-hydrogen) atoms. The first kappa shape index (κ1) is 22.8. The van der Waals surface area contributed by atoms with Gasteiger partial charge in [0.05, 0.1) is 48.9 Å². The maximum Gasteiger partial charge on any atom is 0.257 e. The molecule has 2 aromatic heterocycles. The average molecular weight is 468 g/mol. The van der Waals surface area contributed by atoms with Crippen LogP contribution in [-0.4, -0.2) is 41.7 Å². The number of methoxy groups -OCH3 is 1. The second kappa shape index (κ2) is 8.66. The molecule has 0 aliphatic carbocycles. The SMILES string of the molecule is CC[C@](C)(O)c1cc2n(c(=O)c1COC)Cc1c-2nc2cc3c(cc2c1COCCN)OCO3. The van der Waals surface area contributed by atoms with Crippen LogP contribution in [0.1, 0.15) is 42.5 Å². The smallest absolute Gasteiger partial charge is 0.257 e. The maximum atomic E-state index is 13.6. The van der Waals surface area contributed by atoms with Crippen molar-refractivity contribution in [1.29, 1.82) is 0 Å². The fraction of sp³-hybridized carbons (Fsp3) is 0.440. The van der Waals surface area contributed by atoms with Gasteiger partial charge in [0.25, 0.3) is 5.56 Å². The molecule has 5 rings (SSSR count). The molecule has 1 atom stereocenters. The van der Waals surface area contributed by atoms with Crippen molar-refractivity contribution in [2.24, 2.45) is 5.73 Å². The number of ether oxygens (including phenoxy) is 4. The van der Waals surface area contributed by atoms with Crippen molar-refractivity contribution in [3.8, 4) is 22.9 Å². The largest absolute Gasteiger partial charge is 0.454 e. The Morgan fingerprint density at radius 1 is 1.21 bits per heavy atom. The van der Waals surface area contributed by atoms with Crippen molar-refractivity contribution >= 4 is 10.9 Å². The molecule has 3 N–H and O–H groups in total. The normalized spacial score (nSPS) is 15.4. The van der Waals surface area contributed by atoms with Crippen LogP contribution in [-0.2, 0) is 34.8 Å². The molecule has 2 aliphatic heterocycles. The topological polar surface area (TPSA) is 118 Å². The zero-order chi connectivity index (χ0) is 24.0. The Labute approximate surface area is 197 Å². The van der Waals surface area contributed by atoms with Gasteiger partial charge >= 0.3 is 0 Å². The molecular weight excluding hydrogens is 438 g/mol. The summed E-state index contributed by atoms with van der Waals surface area (Å²) in [6, 6.07) is 5.65. The first-order valence-corrected chi connectivity index (χ1v) is 11.4. The predicted molar refractivity (Wildman–Crippen MR) is 126 cm³/mol. The lowest BCUT2D eigenvalue weighted by Crippen LogP contribution is -2.31. The van der Waals surface area contributed by atoms with E-state index in [4.69, 9.17) is 29.7 Å². The van der Waals surface area contributed by atoms with E-state index in [1.54, 1.807) is 18.6 Å². The number of aromatic nitrogens is 2. The van der Waals surface area contributed by atoms with Crippen LogP contribution in [0.4, 0.5) is 0 Å². The molecule has 2 aliphatic rings. The lowest BCUT2D eigenvalue weighted by molar-refractivity contribution is 0.0495. The molecule has 4 heterocycles. The van der Waals surface area contributed by atoms with E-state index >= 15 is 0 Å². The Hall–Kier alpha value is -2.98. The van der Waals surface area contributed by atoms with Crippen molar-refractivity contribution in [2.75, 3.05) is 27.1 Å². The number of nitrogens with zero attached hydrogens (tertiary/aromatic N) is 2. The van der Waals surface area contributed by atoms with Gasteiger partial charge in [-0.3, -0.25) is 4.79 Å². The molecule has 3 aromatic rings. The van der Waals surface area contributed by atoms with Gasteiger partial charge in [-0.2, -0.15) is 0 Å². The van der Waals surface area contributed by atoms with Crippen molar-refractivity contribution in [2.45, 2.75) is 45.6 Å². The van der Waals surface area contributed by atoms with Gasteiger partial charge in [0, 0.05) is 36.2 Å². The van der Waals surface area contributed by atoms with Crippen LogP contribution in [0, 0.1) is 0 Å². The summed E-state index contributed by atoms with van der Waals surface area (Å²) in [4.78, 5) is 18.5. The summed E-state index contributed by atoms with van der Waals surface area (Å²) >= 11 is 0. The first-order chi connectivity index (χ1) is 16.4. The number of benzene rings is 1. The summed E-state index contributed by atoms with van der Waals surface area (Å²) in [5.41, 5.74) is 9.24. The molecule has 1 aromatic carbocycles. The lowest BCUT2D eigenvalue weighted by atomic mass is 9.89. The van der Waals surface area contributed by atoms with Crippen molar-refractivity contribution in [3.63, 3.8) is 0 Å². The summed E-state index contributed by atoms with van der Waals surface area (Å²) in [7, 11) is 1.54. The van der Waals surface area contributed by atoms with Crippen molar-refractivity contribution < 1.29 is 24.1 Å². The van der Waals surface area contributed by atoms with E-state index in [0.29, 0.717) is 66.7 Å². The number of hydrogen-bond donors (Lipinski definition) is 2. The maximum absolute atomic E-state index is 13.6. The summed E-state index contributed by atoms with van der Waals surface area (Å²) in [6.07, 6.45) is 0.451. The Balaban J connectivity index is 1.76. The molecule has 9 heteroatoms. The fourth-order valence-corrected chi connectivity index (χ4v) is 4.72. The molecule has 0 spiro atoms. The van der Waals surface area contributed by atoms with Gasteiger partial charge in [0.1, 0.15) is 0 Å². The quantitative estimate of drug-likeness (QED) is 0.379. The Morgan fingerprint density at radius 2 is 1.97 bits per heavy atom. The second-order valence-electron chi connectivity index (χ2n) is 8.85. The van der Waals surface area contributed by atoms with Crippen LogP contribution in [0.2, 0.25) is 0 Å². The third-order valence-electron chi connectivity index (χ3n) is 6.72. The average Bonchev–Trinajstić information content (AvgIpc) is 3.43. The lowest BCUT2D eigenvalue weighted by Gasteiger charge is -2.25. The number of nitrogens with two attached hydrogens (primary N) is 1. The minimum atomic E-state index is -1.18. The van der Waals surface area contributed by atoms with Gasteiger partial charge in [0.15, 0.2) is 11.5 Å². The number of aliphatic hydroxyl groups is 1. The van der Waals surface area contributed by atoms with Crippen LogP contribution >= 0.6 is 0 Å². The molecule has 0 fully saturated rings. The van der Waals surface area contributed by atoms with Crippen LogP contribution in [0.5, 0.6) is 11.5 Å². The summed E-state index contributed by atoms with van der Waals surface area (Å²) < 4.78 is 24.0. The third kappa shape index (κ3) is 3.56. The highest BCUT2D eigenvalue weighted by atomic mass is 16.7. The molecule has 0 saturated carbocycles. The molecular formula is C25H29N3O6. The molecule has 0 unspecified atom stereocenters. The predicted octanol–water partition coefficient (Wildman–Crippen LogP) is 2.39. The monoisotopic (exact) mass is 467 g/mol. The fourth-order valence-electron chi connectivity index (χ4n) is 4.72. The molecule has 180 valence electrons. The third-order valence-corrected chi connectivity index (χ3v) is 6.72. The number of hydrogen-bond acceptors (Lipinski definition) is 8. The molecule has 0 radical (unpaired) electrons. The summed E-state index contributed by atoms with van der Waals surface area (Å²) in [6.45, 7) is 5.39. The van der Waals surface area contributed by atoms with Gasteiger partial charge < -0.3 is 34.4 Å².